The van der Waals surface area contributed by atoms with Gasteiger partial charge in [-0.05, 0) is 37.5 Å². The van der Waals surface area contributed by atoms with Gasteiger partial charge in [0.25, 0.3) is 0 Å². The van der Waals surface area contributed by atoms with E-state index in [1.54, 1.807) is 19.4 Å². The zero-order chi connectivity index (χ0) is 23.9. The number of H-pyrrole nitrogens is 1. The van der Waals surface area contributed by atoms with Crippen molar-refractivity contribution < 1.29 is 14.6 Å². The highest BCUT2D eigenvalue weighted by molar-refractivity contribution is 6.32. The number of benzene rings is 1. The molecule has 2 aromatic heterocycles. The first-order valence-electron chi connectivity index (χ1n) is 12.0. The number of aromatic amines is 1. The van der Waals surface area contributed by atoms with E-state index in [0.717, 1.165) is 53.3 Å². The number of aliphatic hydroxyl groups excluding tert-OH is 1. The van der Waals surface area contributed by atoms with Gasteiger partial charge in [0.2, 0.25) is 0 Å². The zero-order valence-electron chi connectivity index (χ0n) is 19.4. The average molecular weight is 494 g/mol. The summed E-state index contributed by atoms with van der Waals surface area (Å²) in [6.07, 6.45) is 8.19. The summed E-state index contributed by atoms with van der Waals surface area (Å²) in [6, 6.07) is 7.51. The van der Waals surface area contributed by atoms with Gasteiger partial charge in [0, 0.05) is 35.5 Å². The molecule has 0 spiro atoms. The average Bonchev–Trinajstić information content (AvgIpc) is 3.24. The number of hydrogen-bond donors (Lipinski definition) is 5. The van der Waals surface area contributed by atoms with Crippen LogP contribution in [-0.4, -0.2) is 41.4 Å². The number of halogens is 1. The van der Waals surface area contributed by atoms with Gasteiger partial charge in [0.1, 0.15) is 12.3 Å². The fraction of sp³-hybridized carbons (Fsp3) is 0.346. The molecule has 0 amide bonds. The van der Waals surface area contributed by atoms with E-state index in [4.69, 9.17) is 21.1 Å². The summed E-state index contributed by atoms with van der Waals surface area (Å²) in [5.74, 6) is 2.16. The molecular weight excluding hydrogens is 466 g/mol. The van der Waals surface area contributed by atoms with Crippen molar-refractivity contribution in [3.8, 4) is 22.8 Å². The van der Waals surface area contributed by atoms with Crippen LogP contribution in [0.3, 0.4) is 0 Å². The van der Waals surface area contributed by atoms with Crippen LogP contribution in [0.1, 0.15) is 42.7 Å². The molecule has 8 nitrogen and oxygen atoms in total. The number of aromatic nitrogens is 2. The van der Waals surface area contributed by atoms with E-state index in [1.807, 2.05) is 18.2 Å². The molecule has 3 aliphatic heterocycles. The molecule has 0 aliphatic carbocycles. The minimum atomic E-state index is -0.833. The zero-order valence-corrected chi connectivity index (χ0v) is 20.2. The van der Waals surface area contributed by atoms with Crippen LogP contribution in [0.25, 0.3) is 11.3 Å². The number of nitrogens with zero attached hydrogens (tertiary/aromatic N) is 1. The molecule has 3 atom stereocenters. The SMILES string of the molecule is COc1c(Cl)cccc1Nc1c2[nH]c3c1C(O)NC[C@@H]3C/C=C\CC[C@@H]1CNc3nccc-2c3O1. The third-order valence-corrected chi connectivity index (χ3v) is 7.24. The molecule has 0 saturated carbocycles. The second kappa shape index (κ2) is 9.11. The highest BCUT2D eigenvalue weighted by Gasteiger charge is 2.34. The molecule has 0 radical (unpaired) electrons. The fourth-order valence-corrected chi connectivity index (χ4v) is 5.46. The maximum absolute atomic E-state index is 11.1. The molecule has 1 unspecified atom stereocenters. The molecule has 5 N–H and O–H groups in total. The Hall–Kier alpha value is -3.20. The van der Waals surface area contributed by atoms with E-state index in [0.29, 0.717) is 35.3 Å². The Bertz CT molecular complexity index is 1290. The maximum Gasteiger partial charge on any atom is 0.171 e. The van der Waals surface area contributed by atoms with Crippen LogP contribution in [0.4, 0.5) is 17.2 Å². The summed E-state index contributed by atoms with van der Waals surface area (Å²) in [7, 11) is 1.59. The Balaban J connectivity index is 1.58. The molecule has 3 aliphatic rings. The minimum Gasteiger partial charge on any atom is -0.493 e. The monoisotopic (exact) mass is 493 g/mol. The highest BCUT2D eigenvalue weighted by Crippen LogP contribution is 2.48. The van der Waals surface area contributed by atoms with Crippen LogP contribution in [0.2, 0.25) is 5.02 Å². The fourth-order valence-electron chi connectivity index (χ4n) is 5.21. The Morgan fingerprint density at radius 2 is 2.14 bits per heavy atom. The summed E-state index contributed by atoms with van der Waals surface area (Å²) in [6.45, 7) is 1.39. The number of para-hydroxylation sites is 1. The Morgan fingerprint density at radius 1 is 1.23 bits per heavy atom. The summed E-state index contributed by atoms with van der Waals surface area (Å²) in [4.78, 5) is 8.17. The second-order valence-corrected chi connectivity index (χ2v) is 9.50. The molecule has 0 fully saturated rings. The van der Waals surface area contributed by atoms with E-state index in [-0.39, 0.29) is 12.0 Å². The number of allylic oxidation sites excluding steroid dienone is 2. The first kappa shape index (κ1) is 22.3. The lowest BCUT2D eigenvalue weighted by atomic mass is 9.92. The summed E-state index contributed by atoms with van der Waals surface area (Å²) in [5.41, 5.74) is 4.96. The number of fused-ring (bicyclic) bond motifs is 3. The molecule has 6 rings (SSSR count). The van der Waals surface area contributed by atoms with Gasteiger partial charge in [-0.25, -0.2) is 4.98 Å². The first-order chi connectivity index (χ1) is 17.1. The largest absolute Gasteiger partial charge is 0.493 e. The van der Waals surface area contributed by atoms with Gasteiger partial charge in [0.05, 0.1) is 35.7 Å². The standard InChI is InChI=1S/C26H28ClN5O3/c1-34-24-17(27)8-5-9-18(24)31-22-19-20-14(12-30-26(19)33)6-3-2-4-7-15-13-29-25-23(35-15)16(10-11-28-25)21(22)32-20/h2-3,5,8-11,14-15,26,30-33H,4,6-7,12-13H2,1H3,(H,28,29)/b3-2-/t14-,15+,26?/m0/s1. The van der Waals surface area contributed by atoms with E-state index < -0.39 is 6.23 Å². The number of rotatable bonds is 3. The maximum atomic E-state index is 11.1. The van der Waals surface area contributed by atoms with Crippen LogP contribution >= 0.6 is 11.6 Å². The number of aliphatic hydroxyl groups is 1. The lowest BCUT2D eigenvalue weighted by molar-refractivity contribution is 0.127. The molecule has 0 saturated heterocycles. The number of ether oxygens (including phenoxy) is 2. The van der Waals surface area contributed by atoms with Crippen molar-refractivity contribution >= 4 is 28.8 Å². The molecule has 3 aromatic rings. The van der Waals surface area contributed by atoms with Gasteiger partial charge in [-0.15, -0.1) is 0 Å². The van der Waals surface area contributed by atoms with Gasteiger partial charge >= 0.3 is 0 Å². The van der Waals surface area contributed by atoms with Gasteiger partial charge in [-0.2, -0.15) is 0 Å². The molecule has 5 heterocycles. The predicted octanol–water partition coefficient (Wildman–Crippen LogP) is 5.07. The van der Waals surface area contributed by atoms with Crippen LogP contribution in [0.5, 0.6) is 11.5 Å². The number of pyridine rings is 1. The lowest BCUT2D eigenvalue weighted by Gasteiger charge is -2.29. The lowest BCUT2D eigenvalue weighted by Crippen LogP contribution is -2.32. The van der Waals surface area contributed by atoms with Crippen molar-refractivity contribution in [2.45, 2.75) is 37.5 Å². The van der Waals surface area contributed by atoms with Gasteiger partial charge in [-0.1, -0.05) is 29.8 Å². The number of hydrogen-bond acceptors (Lipinski definition) is 7. The van der Waals surface area contributed by atoms with Crippen molar-refractivity contribution in [2.75, 3.05) is 30.8 Å². The summed E-state index contributed by atoms with van der Waals surface area (Å²) in [5, 5.41) is 21.8. The van der Waals surface area contributed by atoms with Crippen LogP contribution in [0, 0.1) is 0 Å². The topological polar surface area (TPSA) is 103 Å². The number of nitrogens with one attached hydrogen (secondary N) is 4. The summed E-state index contributed by atoms with van der Waals surface area (Å²) < 4.78 is 12.1. The van der Waals surface area contributed by atoms with Gasteiger partial charge in [-0.3, -0.25) is 5.32 Å². The van der Waals surface area contributed by atoms with E-state index in [9.17, 15) is 5.11 Å². The predicted molar refractivity (Wildman–Crippen MR) is 137 cm³/mol. The van der Waals surface area contributed by atoms with E-state index in [1.165, 1.54) is 0 Å². The molecule has 4 bridgehead atoms. The number of anilines is 3. The third kappa shape index (κ3) is 3.91. The van der Waals surface area contributed by atoms with Crippen LogP contribution in [0.15, 0.2) is 42.6 Å². The quantitative estimate of drug-likeness (QED) is 0.324. The van der Waals surface area contributed by atoms with E-state index >= 15 is 0 Å². The van der Waals surface area contributed by atoms with Crippen molar-refractivity contribution in [3.63, 3.8) is 0 Å². The second-order valence-electron chi connectivity index (χ2n) is 9.10. The van der Waals surface area contributed by atoms with Gasteiger partial charge < -0.3 is 30.2 Å². The number of methoxy groups -OCH3 is 1. The Kier molecular flexibility index (Phi) is 5.80. The molecule has 1 aromatic carbocycles. The highest BCUT2D eigenvalue weighted by atomic mass is 35.5. The molecular formula is C26H28ClN5O3. The first-order valence-corrected chi connectivity index (χ1v) is 12.3. The molecule has 9 heteroatoms. The molecule has 35 heavy (non-hydrogen) atoms. The van der Waals surface area contributed by atoms with Crippen LogP contribution in [-0.2, 0) is 0 Å². The van der Waals surface area contributed by atoms with Crippen molar-refractivity contribution in [3.05, 3.63) is 58.9 Å². The minimum absolute atomic E-state index is 0.0464. The van der Waals surface area contributed by atoms with Crippen molar-refractivity contribution in [2.24, 2.45) is 0 Å². The smallest absolute Gasteiger partial charge is 0.171 e. The van der Waals surface area contributed by atoms with Gasteiger partial charge in [0.15, 0.2) is 17.3 Å². The third-order valence-electron chi connectivity index (χ3n) is 6.94. The van der Waals surface area contributed by atoms with E-state index in [2.05, 4.69) is 38.1 Å². The Labute approximate surface area is 208 Å². The summed E-state index contributed by atoms with van der Waals surface area (Å²) >= 11 is 6.42. The van der Waals surface area contributed by atoms with Crippen molar-refractivity contribution in [1.82, 2.24) is 15.3 Å². The normalized spacial score (nSPS) is 23.6. The molecule has 182 valence electrons. The van der Waals surface area contributed by atoms with Crippen LogP contribution < -0.4 is 25.4 Å². The van der Waals surface area contributed by atoms with Crippen molar-refractivity contribution in [1.29, 1.82) is 0 Å². The Morgan fingerprint density at radius 3 is 3.03 bits per heavy atom.